The Kier molecular flexibility index (Phi) is 4.19. The van der Waals surface area contributed by atoms with E-state index in [0.717, 1.165) is 5.69 Å². The normalized spacial score (nSPS) is 13.2. The monoisotopic (exact) mass is 269 g/mol. The first-order chi connectivity index (χ1) is 9.43. The van der Waals surface area contributed by atoms with Crippen LogP contribution in [0.4, 0.5) is 0 Å². The van der Waals surface area contributed by atoms with Crippen LogP contribution >= 0.6 is 0 Å². The highest BCUT2D eigenvalue weighted by Gasteiger charge is 2.19. The summed E-state index contributed by atoms with van der Waals surface area (Å²) in [5.74, 6) is 0.109. The summed E-state index contributed by atoms with van der Waals surface area (Å²) in [6.45, 7) is 9.36. The van der Waals surface area contributed by atoms with Gasteiger partial charge in [0.2, 0.25) is 0 Å². The van der Waals surface area contributed by atoms with Crippen molar-refractivity contribution in [2.24, 2.45) is 5.73 Å². The van der Waals surface area contributed by atoms with Gasteiger partial charge >= 0.3 is 0 Å². The molecule has 0 saturated carbocycles. The SMILES string of the molecule is Cc1cc(C(C)(C)C)ccc1C(CN)c1cnccn1. The van der Waals surface area contributed by atoms with Gasteiger partial charge in [0.15, 0.2) is 0 Å². The van der Waals surface area contributed by atoms with E-state index in [1.165, 1.54) is 16.7 Å². The second kappa shape index (κ2) is 5.71. The summed E-state index contributed by atoms with van der Waals surface area (Å²) in [6, 6.07) is 6.64. The molecule has 1 unspecified atom stereocenters. The van der Waals surface area contributed by atoms with Crippen LogP contribution in [0, 0.1) is 6.92 Å². The molecule has 1 heterocycles. The molecule has 106 valence electrons. The number of nitrogens with two attached hydrogens (primary N) is 1. The lowest BCUT2D eigenvalue weighted by molar-refractivity contribution is 0.589. The molecule has 2 N–H and O–H groups in total. The summed E-state index contributed by atoms with van der Waals surface area (Å²) >= 11 is 0. The van der Waals surface area contributed by atoms with Crippen molar-refractivity contribution < 1.29 is 0 Å². The molecule has 2 aromatic rings. The second-order valence-corrected chi connectivity index (χ2v) is 6.24. The van der Waals surface area contributed by atoms with E-state index in [1.807, 2.05) is 0 Å². The van der Waals surface area contributed by atoms with Crippen LogP contribution in [0.1, 0.15) is 49.1 Å². The summed E-state index contributed by atoms with van der Waals surface area (Å²) in [4.78, 5) is 8.54. The van der Waals surface area contributed by atoms with Gasteiger partial charge in [-0.1, -0.05) is 39.0 Å². The molecule has 1 aromatic heterocycles. The van der Waals surface area contributed by atoms with Crippen LogP contribution in [0.2, 0.25) is 0 Å². The van der Waals surface area contributed by atoms with Crippen molar-refractivity contribution in [1.29, 1.82) is 0 Å². The first-order valence-corrected chi connectivity index (χ1v) is 7.00. The van der Waals surface area contributed by atoms with E-state index in [4.69, 9.17) is 5.73 Å². The maximum atomic E-state index is 5.96. The highest BCUT2D eigenvalue weighted by Crippen LogP contribution is 2.29. The molecule has 3 heteroatoms. The molecule has 0 aliphatic rings. The predicted octanol–water partition coefficient (Wildman–Crippen LogP) is 3.17. The van der Waals surface area contributed by atoms with Crippen molar-refractivity contribution in [3.63, 3.8) is 0 Å². The molecule has 20 heavy (non-hydrogen) atoms. The third-order valence-electron chi connectivity index (χ3n) is 3.69. The molecule has 0 fully saturated rings. The maximum Gasteiger partial charge on any atom is 0.0674 e. The minimum absolute atomic E-state index is 0.109. The van der Waals surface area contributed by atoms with Crippen LogP contribution in [-0.4, -0.2) is 16.5 Å². The van der Waals surface area contributed by atoms with E-state index in [2.05, 4.69) is 55.9 Å². The highest BCUT2D eigenvalue weighted by molar-refractivity contribution is 5.39. The zero-order valence-electron chi connectivity index (χ0n) is 12.7. The quantitative estimate of drug-likeness (QED) is 0.931. The Morgan fingerprint density at radius 1 is 1.20 bits per heavy atom. The van der Waals surface area contributed by atoms with Gasteiger partial charge < -0.3 is 5.73 Å². The second-order valence-electron chi connectivity index (χ2n) is 6.24. The number of rotatable bonds is 3. The van der Waals surface area contributed by atoms with E-state index in [-0.39, 0.29) is 11.3 Å². The number of aromatic nitrogens is 2. The number of hydrogen-bond donors (Lipinski definition) is 1. The lowest BCUT2D eigenvalue weighted by atomic mass is 9.83. The largest absolute Gasteiger partial charge is 0.329 e. The van der Waals surface area contributed by atoms with Gasteiger partial charge in [-0.15, -0.1) is 0 Å². The van der Waals surface area contributed by atoms with Gasteiger partial charge in [-0.25, -0.2) is 0 Å². The molecule has 0 spiro atoms. The Bertz CT molecular complexity index is 571. The third kappa shape index (κ3) is 3.05. The first-order valence-electron chi connectivity index (χ1n) is 7.00. The lowest BCUT2D eigenvalue weighted by Gasteiger charge is -2.23. The Labute approximate surface area is 121 Å². The average molecular weight is 269 g/mol. The van der Waals surface area contributed by atoms with Crippen LogP contribution in [0.5, 0.6) is 0 Å². The smallest absolute Gasteiger partial charge is 0.0674 e. The van der Waals surface area contributed by atoms with Crippen molar-refractivity contribution in [2.75, 3.05) is 6.54 Å². The molecule has 0 aliphatic carbocycles. The van der Waals surface area contributed by atoms with Gasteiger partial charge in [0, 0.05) is 31.1 Å². The number of hydrogen-bond acceptors (Lipinski definition) is 3. The number of aryl methyl sites for hydroxylation is 1. The Morgan fingerprint density at radius 3 is 2.45 bits per heavy atom. The molecule has 1 atom stereocenters. The minimum atomic E-state index is 0.109. The van der Waals surface area contributed by atoms with Crippen LogP contribution < -0.4 is 5.73 Å². The molecule has 2 rings (SSSR count). The van der Waals surface area contributed by atoms with Crippen LogP contribution in [-0.2, 0) is 5.41 Å². The first kappa shape index (κ1) is 14.7. The summed E-state index contributed by atoms with van der Waals surface area (Å²) in [6.07, 6.45) is 5.21. The molecule has 0 saturated heterocycles. The van der Waals surface area contributed by atoms with Gasteiger partial charge in [0.1, 0.15) is 0 Å². The molecule has 1 aromatic carbocycles. The maximum absolute atomic E-state index is 5.96. The Hall–Kier alpha value is -1.74. The van der Waals surface area contributed by atoms with Gasteiger partial charge in [-0.2, -0.15) is 0 Å². The van der Waals surface area contributed by atoms with Crippen molar-refractivity contribution in [3.05, 3.63) is 59.2 Å². The predicted molar refractivity (Wildman–Crippen MR) is 82.8 cm³/mol. The van der Waals surface area contributed by atoms with Crippen LogP contribution in [0.25, 0.3) is 0 Å². The molecule has 0 radical (unpaired) electrons. The van der Waals surface area contributed by atoms with Crippen molar-refractivity contribution in [3.8, 4) is 0 Å². The van der Waals surface area contributed by atoms with Crippen molar-refractivity contribution >= 4 is 0 Å². The molecule has 0 aliphatic heterocycles. The Morgan fingerprint density at radius 2 is 1.95 bits per heavy atom. The van der Waals surface area contributed by atoms with E-state index in [0.29, 0.717) is 6.54 Å². The van der Waals surface area contributed by atoms with E-state index in [1.54, 1.807) is 18.6 Å². The highest BCUT2D eigenvalue weighted by atomic mass is 14.8. The van der Waals surface area contributed by atoms with E-state index >= 15 is 0 Å². The van der Waals surface area contributed by atoms with Crippen molar-refractivity contribution in [1.82, 2.24) is 9.97 Å². The lowest BCUT2D eigenvalue weighted by Crippen LogP contribution is -2.17. The number of benzene rings is 1. The zero-order valence-corrected chi connectivity index (χ0v) is 12.7. The number of nitrogens with zero attached hydrogens (tertiary/aromatic N) is 2. The topological polar surface area (TPSA) is 51.8 Å². The minimum Gasteiger partial charge on any atom is -0.329 e. The van der Waals surface area contributed by atoms with Gasteiger partial charge in [-0.05, 0) is 29.0 Å². The molecule has 0 bridgehead atoms. The fraction of sp³-hybridized carbons (Fsp3) is 0.412. The van der Waals surface area contributed by atoms with Crippen LogP contribution in [0.15, 0.2) is 36.8 Å². The molecular weight excluding hydrogens is 246 g/mol. The third-order valence-corrected chi connectivity index (χ3v) is 3.69. The van der Waals surface area contributed by atoms with E-state index in [9.17, 15) is 0 Å². The standard InChI is InChI=1S/C17H23N3/c1-12-9-13(17(2,3)4)5-6-14(12)15(10-18)16-11-19-7-8-20-16/h5-9,11,15H,10,18H2,1-4H3. The summed E-state index contributed by atoms with van der Waals surface area (Å²) in [5, 5.41) is 0. The van der Waals surface area contributed by atoms with Gasteiger partial charge in [-0.3, -0.25) is 9.97 Å². The fourth-order valence-corrected chi connectivity index (χ4v) is 2.43. The van der Waals surface area contributed by atoms with Gasteiger partial charge in [0.25, 0.3) is 0 Å². The van der Waals surface area contributed by atoms with Crippen molar-refractivity contribution in [2.45, 2.75) is 39.0 Å². The van der Waals surface area contributed by atoms with Crippen LogP contribution in [0.3, 0.4) is 0 Å². The van der Waals surface area contributed by atoms with E-state index < -0.39 is 0 Å². The zero-order chi connectivity index (χ0) is 14.8. The van der Waals surface area contributed by atoms with Gasteiger partial charge in [0.05, 0.1) is 5.69 Å². The Balaban J connectivity index is 2.42. The average Bonchev–Trinajstić information content (AvgIpc) is 2.41. The molecular formula is C17H23N3. The fourth-order valence-electron chi connectivity index (χ4n) is 2.43. The molecule has 3 nitrogen and oxygen atoms in total. The summed E-state index contributed by atoms with van der Waals surface area (Å²) in [5.41, 5.74) is 10.9. The molecule has 0 amide bonds. The summed E-state index contributed by atoms with van der Waals surface area (Å²) < 4.78 is 0. The summed E-state index contributed by atoms with van der Waals surface area (Å²) in [7, 11) is 0.